The molecule has 1 aliphatic carbocycles. The lowest BCUT2D eigenvalue weighted by Crippen LogP contribution is -2.62. The smallest absolute Gasteiger partial charge is 0.318 e. The van der Waals surface area contributed by atoms with Crippen LogP contribution in [0.3, 0.4) is 0 Å². The van der Waals surface area contributed by atoms with Gasteiger partial charge in [0.2, 0.25) is 0 Å². The molecule has 0 radical (unpaired) electrons. The van der Waals surface area contributed by atoms with Gasteiger partial charge >= 0.3 is 6.03 Å². The molecular formula is C19H27N3O. The maximum absolute atomic E-state index is 12.9. The van der Waals surface area contributed by atoms with Gasteiger partial charge in [0.05, 0.1) is 6.04 Å². The van der Waals surface area contributed by atoms with Crippen LogP contribution in [0.5, 0.6) is 0 Å². The molecule has 4 nitrogen and oxygen atoms in total. The van der Waals surface area contributed by atoms with Crippen molar-refractivity contribution in [3.8, 4) is 0 Å². The quantitative estimate of drug-likeness (QED) is 0.881. The van der Waals surface area contributed by atoms with Crippen molar-refractivity contribution >= 4 is 6.03 Å². The van der Waals surface area contributed by atoms with Crippen molar-refractivity contribution < 1.29 is 4.79 Å². The summed E-state index contributed by atoms with van der Waals surface area (Å²) in [6.45, 7) is 2.04. The summed E-state index contributed by atoms with van der Waals surface area (Å²) < 4.78 is 0. The van der Waals surface area contributed by atoms with E-state index in [0.29, 0.717) is 18.0 Å². The van der Waals surface area contributed by atoms with Gasteiger partial charge in [0.1, 0.15) is 0 Å². The molecule has 1 aromatic rings. The van der Waals surface area contributed by atoms with Gasteiger partial charge in [0.15, 0.2) is 0 Å². The second-order valence-corrected chi connectivity index (χ2v) is 7.25. The lowest BCUT2D eigenvalue weighted by molar-refractivity contribution is 0.0407. The van der Waals surface area contributed by atoms with Gasteiger partial charge in [-0.2, -0.15) is 0 Å². The second kappa shape index (κ2) is 6.52. The maximum Gasteiger partial charge on any atom is 0.318 e. The number of hydrogen-bond donors (Lipinski definition) is 2. The van der Waals surface area contributed by atoms with Crippen molar-refractivity contribution in [3.05, 3.63) is 35.9 Å². The lowest BCUT2D eigenvalue weighted by Gasteiger charge is -2.51. The summed E-state index contributed by atoms with van der Waals surface area (Å²) in [4.78, 5) is 15.1. The number of carbonyl (C=O) groups excluding carboxylic acids is 1. The van der Waals surface area contributed by atoms with Crippen LogP contribution >= 0.6 is 0 Å². The van der Waals surface area contributed by atoms with Crippen LogP contribution in [0.15, 0.2) is 30.3 Å². The molecular weight excluding hydrogens is 286 g/mol. The highest BCUT2D eigenvalue weighted by Gasteiger charge is 2.45. The van der Waals surface area contributed by atoms with Crippen LogP contribution in [0.25, 0.3) is 0 Å². The molecule has 2 heterocycles. The number of rotatable bonds is 2. The summed E-state index contributed by atoms with van der Waals surface area (Å²) in [6, 6.07) is 11.8. The Balaban J connectivity index is 1.70. The van der Waals surface area contributed by atoms with Crippen molar-refractivity contribution in [1.82, 2.24) is 15.5 Å². The van der Waals surface area contributed by atoms with Gasteiger partial charge in [-0.1, -0.05) is 43.2 Å². The Hall–Kier alpha value is -1.55. The Morgan fingerprint density at radius 3 is 2.48 bits per heavy atom. The first-order valence-electron chi connectivity index (χ1n) is 9.19. The van der Waals surface area contributed by atoms with Crippen LogP contribution < -0.4 is 10.6 Å². The molecule has 3 atom stereocenters. The molecule has 2 amide bonds. The normalized spacial score (nSPS) is 32.3. The Morgan fingerprint density at radius 2 is 1.70 bits per heavy atom. The van der Waals surface area contributed by atoms with Gasteiger partial charge in [-0.25, -0.2) is 4.79 Å². The summed E-state index contributed by atoms with van der Waals surface area (Å²) in [5, 5.41) is 6.75. The predicted molar refractivity (Wildman–Crippen MR) is 91.2 cm³/mol. The highest BCUT2D eigenvalue weighted by Crippen LogP contribution is 2.43. The zero-order chi connectivity index (χ0) is 15.6. The first-order valence-corrected chi connectivity index (χ1v) is 9.19. The first kappa shape index (κ1) is 15.0. The average molecular weight is 313 g/mol. The molecule has 3 aliphatic rings. The maximum atomic E-state index is 12.9. The van der Waals surface area contributed by atoms with E-state index in [1.807, 2.05) is 0 Å². The summed E-state index contributed by atoms with van der Waals surface area (Å²) >= 11 is 0. The van der Waals surface area contributed by atoms with E-state index >= 15 is 0 Å². The van der Waals surface area contributed by atoms with E-state index in [2.05, 4.69) is 45.9 Å². The minimum Gasteiger partial charge on any atom is -0.335 e. The number of piperidine rings is 1. The molecule has 1 unspecified atom stereocenters. The fourth-order valence-corrected chi connectivity index (χ4v) is 4.82. The third-order valence-electron chi connectivity index (χ3n) is 5.91. The third kappa shape index (κ3) is 2.85. The highest BCUT2D eigenvalue weighted by atomic mass is 16.2. The van der Waals surface area contributed by atoms with E-state index in [1.165, 1.54) is 24.8 Å². The number of nitrogens with zero attached hydrogens (tertiary/aromatic N) is 1. The number of urea groups is 1. The van der Waals surface area contributed by atoms with E-state index in [-0.39, 0.29) is 12.1 Å². The molecule has 2 N–H and O–H groups in total. The highest BCUT2D eigenvalue weighted by molar-refractivity contribution is 5.77. The van der Waals surface area contributed by atoms with Gasteiger partial charge in [-0.15, -0.1) is 0 Å². The summed E-state index contributed by atoms with van der Waals surface area (Å²) in [5.74, 6) is 0.554. The van der Waals surface area contributed by atoms with Gasteiger partial charge in [-0.3, -0.25) is 0 Å². The largest absolute Gasteiger partial charge is 0.335 e. The predicted octanol–water partition coefficient (Wildman–Crippen LogP) is 3.06. The Bertz CT molecular complexity index is 541. The lowest BCUT2D eigenvalue weighted by atomic mass is 9.75. The Kier molecular flexibility index (Phi) is 4.25. The van der Waals surface area contributed by atoms with Crippen molar-refractivity contribution in [3.63, 3.8) is 0 Å². The van der Waals surface area contributed by atoms with E-state index in [9.17, 15) is 4.79 Å². The SMILES string of the molecule is O=C1NC2CCCC[C@@H]2[C@@H](c2ccccc2)N1C1CCNCC1. The van der Waals surface area contributed by atoms with E-state index in [1.54, 1.807) is 0 Å². The van der Waals surface area contributed by atoms with Gasteiger partial charge in [0.25, 0.3) is 0 Å². The van der Waals surface area contributed by atoms with Crippen LogP contribution in [0.4, 0.5) is 4.79 Å². The average Bonchev–Trinajstić information content (AvgIpc) is 2.62. The third-order valence-corrected chi connectivity index (χ3v) is 5.91. The van der Waals surface area contributed by atoms with E-state index < -0.39 is 0 Å². The number of amides is 2. The minimum absolute atomic E-state index is 0.161. The van der Waals surface area contributed by atoms with Crippen molar-refractivity contribution in [1.29, 1.82) is 0 Å². The van der Waals surface area contributed by atoms with Crippen molar-refractivity contribution in [2.75, 3.05) is 13.1 Å². The summed E-state index contributed by atoms with van der Waals surface area (Å²) in [7, 11) is 0. The van der Waals surface area contributed by atoms with Gasteiger partial charge in [-0.05, 0) is 44.3 Å². The fourth-order valence-electron chi connectivity index (χ4n) is 4.82. The summed E-state index contributed by atoms with van der Waals surface area (Å²) in [6.07, 6.45) is 7.03. The molecule has 0 bridgehead atoms. The molecule has 2 aliphatic heterocycles. The molecule has 4 heteroatoms. The molecule has 4 rings (SSSR count). The molecule has 1 aromatic carbocycles. The van der Waals surface area contributed by atoms with Crippen LogP contribution in [0, 0.1) is 5.92 Å². The number of benzene rings is 1. The molecule has 124 valence electrons. The number of fused-ring (bicyclic) bond motifs is 1. The zero-order valence-corrected chi connectivity index (χ0v) is 13.7. The first-order chi connectivity index (χ1) is 11.3. The van der Waals surface area contributed by atoms with E-state index in [0.717, 1.165) is 32.4 Å². The molecule has 3 fully saturated rings. The number of nitrogens with one attached hydrogen (secondary N) is 2. The monoisotopic (exact) mass is 313 g/mol. The Morgan fingerprint density at radius 1 is 0.957 bits per heavy atom. The van der Waals surface area contributed by atoms with Crippen LogP contribution in [0.1, 0.15) is 50.1 Å². The Labute approximate surface area is 138 Å². The fraction of sp³-hybridized carbons (Fsp3) is 0.632. The van der Waals surface area contributed by atoms with Crippen LogP contribution in [-0.4, -0.2) is 36.1 Å². The van der Waals surface area contributed by atoms with Gasteiger partial charge in [0, 0.05) is 18.0 Å². The molecule has 23 heavy (non-hydrogen) atoms. The standard InChI is InChI=1S/C19H27N3O/c23-19-21-17-9-5-4-8-16(17)18(14-6-2-1-3-7-14)22(19)15-10-12-20-13-11-15/h1-3,6-7,15-18,20H,4-5,8-13H2,(H,21,23)/t16-,17?,18+/m0/s1. The van der Waals surface area contributed by atoms with Crippen LogP contribution in [-0.2, 0) is 0 Å². The molecule has 0 aromatic heterocycles. The zero-order valence-electron chi connectivity index (χ0n) is 13.7. The van der Waals surface area contributed by atoms with Crippen molar-refractivity contribution in [2.45, 2.75) is 56.7 Å². The summed E-state index contributed by atoms with van der Waals surface area (Å²) in [5.41, 5.74) is 1.32. The van der Waals surface area contributed by atoms with Crippen molar-refractivity contribution in [2.24, 2.45) is 5.92 Å². The van der Waals surface area contributed by atoms with Crippen LogP contribution in [0.2, 0.25) is 0 Å². The number of hydrogen-bond acceptors (Lipinski definition) is 2. The number of carbonyl (C=O) groups is 1. The van der Waals surface area contributed by atoms with Gasteiger partial charge < -0.3 is 15.5 Å². The topological polar surface area (TPSA) is 44.4 Å². The molecule has 1 saturated carbocycles. The minimum atomic E-state index is 0.161. The molecule has 0 spiro atoms. The molecule has 2 saturated heterocycles. The second-order valence-electron chi connectivity index (χ2n) is 7.25. The van der Waals surface area contributed by atoms with E-state index in [4.69, 9.17) is 0 Å².